The third kappa shape index (κ3) is 7.21. The number of amides is 1. The van der Waals surface area contributed by atoms with Gasteiger partial charge in [0.25, 0.3) is 5.92 Å². The van der Waals surface area contributed by atoms with Gasteiger partial charge in [0.2, 0.25) is 11.8 Å². The Morgan fingerprint density at radius 1 is 0.894 bits per heavy atom. The molecule has 0 saturated carbocycles. The minimum absolute atomic E-state index is 0.0757. The number of halogens is 2. The van der Waals surface area contributed by atoms with Gasteiger partial charge in [0.05, 0.1) is 23.5 Å². The molecule has 0 bridgehead atoms. The van der Waals surface area contributed by atoms with Crippen LogP contribution in [0.4, 0.5) is 13.6 Å². The van der Waals surface area contributed by atoms with Crippen molar-refractivity contribution in [2.45, 2.75) is 57.8 Å². The number of carbonyl (C=O) groups excluding carboxylic acids is 1. The van der Waals surface area contributed by atoms with E-state index >= 15 is 8.78 Å². The molecule has 0 radical (unpaired) electrons. The van der Waals surface area contributed by atoms with Crippen molar-refractivity contribution in [2.24, 2.45) is 7.05 Å². The molecule has 3 aromatic carbocycles. The number of ether oxygens (including phenoxy) is 3. The number of para-hydroxylation sites is 1. The number of likely N-dealkylation sites (tertiary alicyclic amines) is 1. The first kappa shape index (κ1) is 32.0. The van der Waals surface area contributed by atoms with E-state index in [0.717, 1.165) is 16.0 Å². The molecule has 6 rings (SSSR count). The highest BCUT2D eigenvalue weighted by Gasteiger charge is 2.48. The Kier molecular flexibility index (Phi) is 8.86. The topological polar surface area (TPSA) is 78.7 Å². The second kappa shape index (κ2) is 13.0. The molecule has 1 aliphatic heterocycles. The van der Waals surface area contributed by atoms with Crippen LogP contribution in [0.3, 0.4) is 0 Å². The van der Waals surface area contributed by atoms with E-state index in [2.05, 4.69) is 0 Å². The monoisotopic (exact) mass is 640 g/mol. The van der Waals surface area contributed by atoms with Gasteiger partial charge in [0.1, 0.15) is 24.5 Å². The van der Waals surface area contributed by atoms with E-state index in [1.165, 1.54) is 0 Å². The Balaban J connectivity index is 1.33. The first-order valence-electron chi connectivity index (χ1n) is 15.6. The molecule has 1 aliphatic rings. The van der Waals surface area contributed by atoms with Crippen LogP contribution in [-0.4, -0.2) is 50.4 Å². The van der Waals surface area contributed by atoms with Crippen molar-refractivity contribution in [3.8, 4) is 23.0 Å². The highest BCUT2D eigenvalue weighted by atomic mass is 19.3. The van der Waals surface area contributed by atoms with Crippen molar-refractivity contribution in [2.75, 3.05) is 13.1 Å². The van der Waals surface area contributed by atoms with Gasteiger partial charge in [-0.15, -0.1) is 0 Å². The van der Waals surface area contributed by atoms with Crippen LogP contribution < -0.4 is 9.47 Å². The number of hydrogen-bond acceptors (Lipinski definition) is 6. The predicted octanol–water partition coefficient (Wildman–Crippen LogP) is 8.15. The molecule has 2 aromatic heterocycles. The minimum atomic E-state index is -3.18. The molecule has 5 aromatic rings. The Labute approximate surface area is 272 Å². The van der Waals surface area contributed by atoms with Crippen LogP contribution in [0.25, 0.3) is 22.2 Å². The van der Waals surface area contributed by atoms with E-state index < -0.39 is 30.1 Å². The van der Waals surface area contributed by atoms with Gasteiger partial charge in [0, 0.05) is 25.0 Å². The molecule has 3 heterocycles. The van der Waals surface area contributed by atoms with Gasteiger partial charge >= 0.3 is 6.09 Å². The smallest absolute Gasteiger partial charge is 0.410 e. The SMILES string of the molecule is Cn1nc(-c2ccc(OCc3ccccc3)nc2OCc2ccccc2)c2cccc([C@@H]3CCN(C(=O)OC(C)(C)C)CC3(F)F)c21. The second-order valence-electron chi connectivity index (χ2n) is 12.8. The van der Waals surface area contributed by atoms with Crippen molar-refractivity contribution in [1.29, 1.82) is 0 Å². The van der Waals surface area contributed by atoms with Gasteiger partial charge in [-0.3, -0.25) is 4.68 Å². The normalized spacial score (nSPS) is 16.2. The molecule has 0 N–H and O–H groups in total. The average molecular weight is 641 g/mol. The highest BCUT2D eigenvalue weighted by Crippen LogP contribution is 2.45. The summed E-state index contributed by atoms with van der Waals surface area (Å²) in [4.78, 5) is 18.4. The summed E-state index contributed by atoms with van der Waals surface area (Å²) >= 11 is 0. The summed E-state index contributed by atoms with van der Waals surface area (Å²) in [6.45, 7) is 5.19. The van der Waals surface area contributed by atoms with E-state index in [-0.39, 0.29) is 19.6 Å². The third-order valence-corrected chi connectivity index (χ3v) is 8.06. The van der Waals surface area contributed by atoms with Gasteiger partial charge in [-0.25, -0.2) is 13.6 Å². The molecule has 1 fully saturated rings. The number of pyridine rings is 1. The molecule has 0 spiro atoms. The molecule has 244 valence electrons. The summed E-state index contributed by atoms with van der Waals surface area (Å²) < 4.78 is 50.9. The van der Waals surface area contributed by atoms with Gasteiger partial charge in [-0.2, -0.15) is 10.1 Å². The summed E-state index contributed by atoms with van der Waals surface area (Å²) in [5, 5.41) is 5.51. The van der Waals surface area contributed by atoms with Gasteiger partial charge < -0.3 is 19.1 Å². The third-order valence-electron chi connectivity index (χ3n) is 8.06. The zero-order valence-corrected chi connectivity index (χ0v) is 27.0. The van der Waals surface area contributed by atoms with E-state index in [1.807, 2.05) is 72.8 Å². The summed E-state index contributed by atoms with van der Waals surface area (Å²) in [5.41, 5.74) is 3.43. The summed E-state index contributed by atoms with van der Waals surface area (Å²) in [5.74, 6) is -3.59. The number of carbonyl (C=O) groups is 1. The van der Waals surface area contributed by atoms with E-state index in [9.17, 15) is 4.79 Å². The number of alkyl halides is 2. The van der Waals surface area contributed by atoms with Crippen LogP contribution in [-0.2, 0) is 25.0 Å². The maximum atomic E-state index is 15.8. The second-order valence-corrected chi connectivity index (χ2v) is 12.8. The highest BCUT2D eigenvalue weighted by molar-refractivity contribution is 5.96. The van der Waals surface area contributed by atoms with Gasteiger partial charge in [-0.1, -0.05) is 78.9 Å². The number of aryl methyl sites for hydroxylation is 1. The molecule has 0 aliphatic carbocycles. The Hall–Kier alpha value is -4.99. The quantitative estimate of drug-likeness (QED) is 0.170. The van der Waals surface area contributed by atoms with Crippen LogP contribution in [0.5, 0.6) is 11.8 Å². The number of nitrogens with zero attached hydrogens (tertiary/aromatic N) is 4. The van der Waals surface area contributed by atoms with Crippen molar-refractivity contribution >= 4 is 17.0 Å². The lowest BCUT2D eigenvalue weighted by Crippen LogP contribution is -2.51. The standard InChI is InChI=1S/C37H38F2N4O4/c1-36(2,3)47-35(44)43-21-20-30(37(38,39)24-43)27-16-11-17-28-32(41-42(4)33(27)28)29-18-19-31(45-22-25-12-7-5-8-13-25)40-34(29)46-23-26-14-9-6-10-15-26/h5-19,30H,20-24H2,1-4H3/t30-/m0/s1. The van der Waals surface area contributed by atoms with E-state index in [4.69, 9.17) is 24.3 Å². The number of hydrogen-bond donors (Lipinski definition) is 0. The zero-order chi connectivity index (χ0) is 33.2. The Morgan fingerprint density at radius 3 is 2.19 bits per heavy atom. The number of aromatic nitrogens is 3. The summed E-state index contributed by atoms with van der Waals surface area (Å²) in [6, 6.07) is 28.5. The average Bonchev–Trinajstić information content (AvgIpc) is 3.39. The number of rotatable bonds is 8. The molecule has 8 nitrogen and oxygen atoms in total. The molecule has 1 atom stereocenters. The maximum Gasteiger partial charge on any atom is 0.410 e. The summed E-state index contributed by atoms with van der Waals surface area (Å²) in [7, 11) is 1.75. The van der Waals surface area contributed by atoms with Crippen LogP contribution in [0, 0.1) is 0 Å². The summed E-state index contributed by atoms with van der Waals surface area (Å²) in [6.07, 6.45) is -0.657. The number of piperidine rings is 1. The Morgan fingerprint density at radius 2 is 1.55 bits per heavy atom. The number of benzene rings is 3. The van der Waals surface area contributed by atoms with Crippen molar-refractivity contribution in [1.82, 2.24) is 19.7 Å². The first-order valence-corrected chi connectivity index (χ1v) is 15.6. The largest absolute Gasteiger partial charge is 0.473 e. The zero-order valence-electron chi connectivity index (χ0n) is 27.0. The fourth-order valence-electron chi connectivity index (χ4n) is 5.90. The van der Waals surface area contributed by atoms with E-state index in [1.54, 1.807) is 50.7 Å². The fraction of sp³-hybridized carbons (Fsp3) is 0.324. The molecule has 1 amide bonds. The lowest BCUT2D eigenvalue weighted by atomic mass is 9.85. The Bertz CT molecular complexity index is 1860. The molecular formula is C37H38F2N4O4. The van der Waals surface area contributed by atoms with Crippen LogP contribution in [0.1, 0.15) is 49.8 Å². The maximum absolute atomic E-state index is 15.8. The fourth-order valence-corrected chi connectivity index (χ4v) is 5.90. The molecule has 47 heavy (non-hydrogen) atoms. The molecule has 0 unspecified atom stereocenters. The molecule has 10 heteroatoms. The minimum Gasteiger partial charge on any atom is -0.473 e. The van der Waals surface area contributed by atoms with E-state index in [0.29, 0.717) is 46.1 Å². The van der Waals surface area contributed by atoms with Crippen molar-refractivity contribution in [3.05, 3.63) is 108 Å². The van der Waals surface area contributed by atoms with Gasteiger partial charge in [0.15, 0.2) is 0 Å². The van der Waals surface area contributed by atoms with Crippen molar-refractivity contribution < 1.29 is 27.8 Å². The van der Waals surface area contributed by atoms with Crippen LogP contribution in [0.2, 0.25) is 0 Å². The van der Waals surface area contributed by atoms with Crippen LogP contribution in [0.15, 0.2) is 91.0 Å². The van der Waals surface area contributed by atoms with Crippen molar-refractivity contribution in [3.63, 3.8) is 0 Å². The lowest BCUT2D eigenvalue weighted by Gasteiger charge is -2.39. The first-order chi connectivity index (χ1) is 22.5. The van der Waals surface area contributed by atoms with Crippen LogP contribution >= 0.6 is 0 Å². The number of fused-ring (bicyclic) bond motifs is 1. The lowest BCUT2D eigenvalue weighted by molar-refractivity contribution is -0.0846. The molecule has 1 saturated heterocycles. The molecular weight excluding hydrogens is 602 g/mol. The van der Waals surface area contributed by atoms with Gasteiger partial charge in [-0.05, 0) is 49.9 Å². The predicted molar refractivity (Wildman–Crippen MR) is 176 cm³/mol.